The molecule has 1 unspecified atom stereocenters. The third-order valence-corrected chi connectivity index (χ3v) is 5.61. The van der Waals surface area contributed by atoms with Crippen LogP contribution < -0.4 is 16.3 Å². The molecule has 0 aromatic heterocycles. The molecule has 18 heavy (non-hydrogen) atoms. The fourth-order valence-electron chi connectivity index (χ4n) is 1.90. The summed E-state index contributed by atoms with van der Waals surface area (Å²) in [4.78, 5) is 11.5. The Morgan fingerprint density at radius 1 is 0.944 bits per heavy atom. The van der Waals surface area contributed by atoms with E-state index >= 15 is 0 Å². The van der Waals surface area contributed by atoms with Gasteiger partial charge >= 0.3 is 0 Å². The number of amides is 1. The zero-order valence-electron chi connectivity index (χ0n) is 10.3. The lowest BCUT2D eigenvalue weighted by atomic mass is 10.4. The van der Waals surface area contributed by atoms with Crippen molar-refractivity contribution in [1.29, 1.82) is 0 Å². The van der Waals surface area contributed by atoms with Crippen molar-refractivity contribution in [2.75, 3.05) is 0 Å². The van der Waals surface area contributed by atoms with E-state index in [1.807, 2.05) is 43.3 Å². The Bertz CT molecular complexity index is 473. The monoisotopic (exact) mass is 257 g/mol. The Morgan fingerprint density at radius 2 is 1.33 bits per heavy atom. The molecule has 3 heteroatoms. The van der Waals surface area contributed by atoms with E-state index in [2.05, 4.69) is 24.3 Å². The van der Waals surface area contributed by atoms with E-state index in [4.69, 9.17) is 5.73 Å². The maximum absolute atomic E-state index is 11.5. The molecule has 0 aliphatic rings. The maximum atomic E-state index is 11.5. The minimum atomic E-state index is -0.726. The first kappa shape index (κ1) is 12.8. The highest BCUT2D eigenvalue weighted by Gasteiger charge is 2.24. The molecule has 1 amide bonds. The topological polar surface area (TPSA) is 43.1 Å². The third kappa shape index (κ3) is 2.77. The summed E-state index contributed by atoms with van der Waals surface area (Å²) in [5.41, 5.74) is 5.33. The van der Waals surface area contributed by atoms with E-state index in [-0.39, 0.29) is 11.6 Å². The number of primary amides is 1. The number of hydrogen-bond acceptors (Lipinski definition) is 1. The lowest BCUT2D eigenvalue weighted by Crippen LogP contribution is -2.31. The average Bonchev–Trinajstić information content (AvgIpc) is 2.41. The van der Waals surface area contributed by atoms with Crippen LogP contribution in [-0.4, -0.2) is 11.6 Å². The first-order chi connectivity index (χ1) is 8.70. The Kier molecular flexibility index (Phi) is 4.11. The molecule has 0 saturated heterocycles. The molecule has 0 heterocycles. The van der Waals surface area contributed by atoms with Crippen molar-refractivity contribution in [3.8, 4) is 0 Å². The van der Waals surface area contributed by atoms with Gasteiger partial charge in [0.05, 0.1) is 5.66 Å². The molecule has 2 aromatic carbocycles. The predicted octanol–water partition coefficient (Wildman–Crippen LogP) is 1.99. The number of rotatable bonds is 4. The summed E-state index contributed by atoms with van der Waals surface area (Å²) in [7, 11) is -0.726. The third-order valence-electron chi connectivity index (χ3n) is 2.87. The van der Waals surface area contributed by atoms with Gasteiger partial charge in [-0.25, -0.2) is 0 Å². The maximum Gasteiger partial charge on any atom is 0.225 e. The van der Waals surface area contributed by atoms with Gasteiger partial charge < -0.3 is 5.73 Å². The van der Waals surface area contributed by atoms with E-state index < -0.39 is 7.92 Å². The van der Waals surface area contributed by atoms with Gasteiger partial charge in [-0.05, 0) is 25.5 Å². The van der Waals surface area contributed by atoms with Crippen LogP contribution in [0.2, 0.25) is 0 Å². The highest BCUT2D eigenvalue weighted by molar-refractivity contribution is 7.74. The fourth-order valence-corrected chi connectivity index (χ4v) is 4.33. The van der Waals surface area contributed by atoms with Crippen molar-refractivity contribution >= 4 is 24.4 Å². The molecule has 1 atom stereocenters. The largest absolute Gasteiger partial charge is 0.369 e. The molecule has 0 aliphatic heterocycles. The summed E-state index contributed by atoms with van der Waals surface area (Å²) < 4.78 is 0. The van der Waals surface area contributed by atoms with Crippen molar-refractivity contribution in [3.63, 3.8) is 0 Å². The van der Waals surface area contributed by atoms with Crippen LogP contribution in [0.1, 0.15) is 6.92 Å². The molecule has 2 aromatic rings. The van der Waals surface area contributed by atoms with Gasteiger partial charge in [0, 0.05) is 0 Å². The van der Waals surface area contributed by atoms with Gasteiger partial charge in [0.2, 0.25) is 5.91 Å². The van der Waals surface area contributed by atoms with Crippen molar-refractivity contribution in [2.45, 2.75) is 12.6 Å². The molecule has 2 rings (SSSR count). The van der Waals surface area contributed by atoms with E-state index in [0.29, 0.717) is 0 Å². The molecule has 0 saturated carbocycles. The van der Waals surface area contributed by atoms with Crippen LogP contribution in [0.5, 0.6) is 0 Å². The molecule has 0 bridgehead atoms. The van der Waals surface area contributed by atoms with Crippen molar-refractivity contribution in [1.82, 2.24) is 0 Å². The zero-order valence-corrected chi connectivity index (χ0v) is 11.2. The Labute approximate surface area is 109 Å². The van der Waals surface area contributed by atoms with E-state index in [1.54, 1.807) is 0 Å². The second kappa shape index (κ2) is 5.79. The normalized spacial score (nSPS) is 12.3. The van der Waals surface area contributed by atoms with Gasteiger partial charge in [0.15, 0.2) is 0 Å². The Morgan fingerprint density at radius 3 is 1.67 bits per heavy atom. The smallest absolute Gasteiger partial charge is 0.225 e. The summed E-state index contributed by atoms with van der Waals surface area (Å²) >= 11 is 0. The van der Waals surface area contributed by atoms with Crippen LogP contribution in [0.3, 0.4) is 0 Å². The number of benzene rings is 2. The first-order valence-corrected chi connectivity index (χ1v) is 7.30. The van der Waals surface area contributed by atoms with Gasteiger partial charge in [0.25, 0.3) is 0 Å². The lowest BCUT2D eigenvalue weighted by Gasteiger charge is -2.23. The van der Waals surface area contributed by atoms with E-state index in [0.717, 1.165) is 0 Å². The number of nitrogens with two attached hydrogens (primary N) is 1. The molecule has 0 radical (unpaired) electrons. The minimum absolute atomic E-state index is 0.162. The summed E-state index contributed by atoms with van der Waals surface area (Å²) in [5, 5.41) is 2.37. The predicted molar refractivity (Wildman–Crippen MR) is 77.7 cm³/mol. The van der Waals surface area contributed by atoms with Crippen molar-refractivity contribution in [3.05, 3.63) is 60.7 Å². The van der Waals surface area contributed by atoms with Crippen LogP contribution in [-0.2, 0) is 4.79 Å². The highest BCUT2D eigenvalue weighted by Crippen LogP contribution is 2.38. The van der Waals surface area contributed by atoms with Crippen LogP contribution in [0.4, 0.5) is 0 Å². The van der Waals surface area contributed by atoms with Crippen LogP contribution in [0.15, 0.2) is 60.7 Å². The van der Waals surface area contributed by atoms with Crippen molar-refractivity contribution in [2.24, 2.45) is 5.73 Å². The minimum Gasteiger partial charge on any atom is -0.369 e. The van der Waals surface area contributed by atoms with E-state index in [9.17, 15) is 4.79 Å². The van der Waals surface area contributed by atoms with Gasteiger partial charge in [-0.3, -0.25) is 4.79 Å². The summed E-state index contributed by atoms with van der Waals surface area (Å²) in [6.45, 7) is 1.91. The summed E-state index contributed by atoms with van der Waals surface area (Å²) in [6, 6.07) is 20.2. The van der Waals surface area contributed by atoms with Gasteiger partial charge in [-0.1, -0.05) is 60.7 Å². The molecule has 0 aliphatic carbocycles. The second-order valence-electron chi connectivity index (χ2n) is 4.12. The molecule has 0 fully saturated rings. The number of hydrogen-bond donors (Lipinski definition) is 1. The van der Waals surface area contributed by atoms with Gasteiger partial charge in [-0.2, -0.15) is 0 Å². The Balaban J connectivity index is 2.45. The van der Waals surface area contributed by atoms with E-state index in [1.165, 1.54) is 10.6 Å². The van der Waals surface area contributed by atoms with Crippen molar-refractivity contribution < 1.29 is 4.79 Å². The average molecular weight is 257 g/mol. The standard InChI is InChI=1S/C15H16NOP/c1-12(15(16)17)18(13-8-4-2-5-9-13)14-10-6-3-7-11-14/h2-12H,1H3,(H2,16,17). The molecule has 2 nitrogen and oxygen atoms in total. The zero-order chi connectivity index (χ0) is 13.0. The lowest BCUT2D eigenvalue weighted by molar-refractivity contribution is -0.117. The molecule has 2 N–H and O–H groups in total. The fraction of sp³-hybridized carbons (Fsp3) is 0.133. The van der Waals surface area contributed by atoms with Gasteiger partial charge in [-0.15, -0.1) is 0 Å². The summed E-state index contributed by atoms with van der Waals surface area (Å²) in [6.07, 6.45) is 0. The number of carbonyl (C=O) groups excluding carboxylic acids is 1. The quantitative estimate of drug-likeness (QED) is 0.836. The molecular weight excluding hydrogens is 241 g/mol. The molecule has 0 spiro atoms. The summed E-state index contributed by atoms with van der Waals surface area (Å²) in [5.74, 6) is -0.242. The van der Waals surface area contributed by atoms with Crippen LogP contribution >= 0.6 is 7.92 Å². The second-order valence-corrected chi connectivity index (χ2v) is 6.67. The van der Waals surface area contributed by atoms with Gasteiger partial charge in [0.1, 0.15) is 0 Å². The highest BCUT2D eigenvalue weighted by atomic mass is 31.1. The van der Waals surface area contributed by atoms with Crippen LogP contribution in [0.25, 0.3) is 0 Å². The number of carbonyl (C=O) groups is 1. The Hall–Kier alpha value is -1.66. The molecule has 92 valence electrons. The first-order valence-electron chi connectivity index (χ1n) is 5.89. The molecular formula is C15H16NOP. The SMILES string of the molecule is CC(C(N)=O)P(c1ccccc1)c1ccccc1. The van der Waals surface area contributed by atoms with Crippen LogP contribution in [0, 0.1) is 0 Å².